The molecule has 1 amide bonds. The summed E-state index contributed by atoms with van der Waals surface area (Å²) in [6, 6.07) is 1.54. The zero-order valence-electron chi connectivity index (χ0n) is 9.24. The summed E-state index contributed by atoms with van der Waals surface area (Å²) in [5.74, 6) is -2.75. The van der Waals surface area contributed by atoms with E-state index in [9.17, 15) is 26.7 Å². The molecule has 0 saturated heterocycles. The van der Waals surface area contributed by atoms with Crippen molar-refractivity contribution in [1.82, 2.24) is 5.32 Å². The molecule has 0 bridgehead atoms. The van der Waals surface area contributed by atoms with Crippen molar-refractivity contribution < 1.29 is 26.7 Å². The molecule has 1 aromatic rings. The van der Waals surface area contributed by atoms with Gasteiger partial charge in [0, 0.05) is 10.5 Å². The number of carbonyl (C=O) groups excluding carboxylic acids is 1. The number of amides is 1. The van der Waals surface area contributed by atoms with E-state index in [0.717, 1.165) is 6.07 Å². The van der Waals surface area contributed by atoms with Crippen LogP contribution in [-0.4, -0.2) is 25.2 Å². The zero-order chi connectivity index (χ0) is 14.6. The van der Waals surface area contributed by atoms with E-state index in [1.165, 1.54) is 0 Å². The molecule has 106 valence electrons. The minimum Gasteiger partial charge on any atom is -0.373 e. The third kappa shape index (κ3) is 5.41. The van der Waals surface area contributed by atoms with Gasteiger partial charge in [-0.05, 0) is 22.0 Å². The zero-order valence-corrected chi connectivity index (χ0v) is 10.8. The highest BCUT2D eigenvalue weighted by atomic mass is 79.9. The lowest BCUT2D eigenvalue weighted by Gasteiger charge is -2.11. The molecule has 1 aromatic carbocycles. The Morgan fingerprint density at radius 1 is 1.26 bits per heavy atom. The quantitative estimate of drug-likeness (QED) is 0.823. The largest absolute Gasteiger partial charge is 0.405 e. The number of halogens is 6. The van der Waals surface area contributed by atoms with Gasteiger partial charge in [0.05, 0.1) is 12.2 Å². The van der Waals surface area contributed by atoms with Gasteiger partial charge in [-0.15, -0.1) is 0 Å². The number of carbonyl (C=O) groups is 1. The third-order valence-corrected chi connectivity index (χ3v) is 2.54. The molecule has 0 aliphatic rings. The van der Waals surface area contributed by atoms with Crippen molar-refractivity contribution in [2.75, 3.05) is 18.4 Å². The van der Waals surface area contributed by atoms with Crippen LogP contribution in [0.15, 0.2) is 16.6 Å². The molecule has 0 aromatic heterocycles. The average Bonchev–Trinajstić information content (AvgIpc) is 2.23. The Labute approximate surface area is 113 Å². The molecule has 9 heteroatoms. The maximum atomic E-state index is 13.3. The summed E-state index contributed by atoms with van der Waals surface area (Å²) in [5.41, 5.74) is -0.205. The lowest BCUT2D eigenvalue weighted by molar-refractivity contribution is -0.137. The van der Waals surface area contributed by atoms with Crippen molar-refractivity contribution in [1.29, 1.82) is 0 Å². The van der Waals surface area contributed by atoms with Gasteiger partial charge >= 0.3 is 6.18 Å². The van der Waals surface area contributed by atoms with Gasteiger partial charge in [0.1, 0.15) is 18.2 Å². The first kappa shape index (κ1) is 15.7. The van der Waals surface area contributed by atoms with Crippen molar-refractivity contribution in [3.05, 3.63) is 28.2 Å². The van der Waals surface area contributed by atoms with Gasteiger partial charge in [0.25, 0.3) is 0 Å². The minimum absolute atomic E-state index is 0.0219. The first-order valence-electron chi connectivity index (χ1n) is 4.91. The number of alkyl halides is 3. The fourth-order valence-electron chi connectivity index (χ4n) is 1.14. The summed E-state index contributed by atoms with van der Waals surface area (Å²) in [4.78, 5) is 11.1. The van der Waals surface area contributed by atoms with Crippen LogP contribution in [0.25, 0.3) is 0 Å². The lowest BCUT2D eigenvalue weighted by Crippen LogP contribution is -2.37. The van der Waals surface area contributed by atoms with Gasteiger partial charge in [-0.25, -0.2) is 8.78 Å². The van der Waals surface area contributed by atoms with Gasteiger partial charge in [-0.1, -0.05) is 0 Å². The molecule has 0 atom stereocenters. The van der Waals surface area contributed by atoms with Gasteiger partial charge < -0.3 is 10.6 Å². The second kappa shape index (κ2) is 6.18. The minimum atomic E-state index is -4.52. The first-order chi connectivity index (χ1) is 8.69. The molecule has 0 unspecified atom stereocenters. The maximum Gasteiger partial charge on any atom is 0.405 e. The van der Waals surface area contributed by atoms with Crippen molar-refractivity contribution >= 4 is 27.5 Å². The smallest absolute Gasteiger partial charge is 0.373 e. The highest BCUT2D eigenvalue weighted by Crippen LogP contribution is 2.26. The summed E-state index contributed by atoms with van der Waals surface area (Å²) in [7, 11) is 0. The highest BCUT2D eigenvalue weighted by molar-refractivity contribution is 9.10. The van der Waals surface area contributed by atoms with Crippen molar-refractivity contribution in [3.8, 4) is 0 Å². The third-order valence-electron chi connectivity index (χ3n) is 1.92. The van der Waals surface area contributed by atoms with E-state index in [4.69, 9.17) is 0 Å². The molecule has 0 aliphatic carbocycles. The van der Waals surface area contributed by atoms with Crippen LogP contribution < -0.4 is 10.6 Å². The van der Waals surface area contributed by atoms with Gasteiger partial charge in [-0.3, -0.25) is 4.79 Å². The number of hydrogen-bond donors (Lipinski definition) is 2. The Morgan fingerprint density at radius 2 is 1.89 bits per heavy atom. The van der Waals surface area contributed by atoms with E-state index in [-0.39, 0.29) is 10.2 Å². The van der Waals surface area contributed by atoms with Crippen LogP contribution in [0.5, 0.6) is 0 Å². The van der Waals surface area contributed by atoms with Crippen LogP contribution in [0, 0.1) is 11.6 Å². The molecule has 1 rings (SSSR count). The van der Waals surface area contributed by atoms with E-state index in [0.29, 0.717) is 6.07 Å². The number of anilines is 1. The molecule has 0 radical (unpaired) electrons. The van der Waals surface area contributed by atoms with Crippen molar-refractivity contribution in [2.45, 2.75) is 6.18 Å². The Kier molecular flexibility index (Phi) is 5.10. The summed E-state index contributed by atoms with van der Waals surface area (Å²) in [6.45, 7) is -2.04. The fourth-order valence-corrected chi connectivity index (χ4v) is 1.69. The molecule has 3 nitrogen and oxygen atoms in total. The summed E-state index contributed by atoms with van der Waals surface area (Å²) in [6.07, 6.45) is -4.52. The predicted octanol–water partition coefficient (Wildman–Crippen LogP) is 2.82. The maximum absolute atomic E-state index is 13.3. The SMILES string of the molecule is O=C(CNc1c(F)cc(F)cc1Br)NCC(F)(F)F. The monoisotopic (exact) mass is 346 g/mol. The molecule has 2 N–H and O–H groups in total. The van der Waals surface area contributed by atoms with Crippen molar-refractivity contribution in [2.24, 2.45) is 0 Å². The van der Waals surface area contributed by atoms with Crippen LogP contribution in [0.4, 0.5) is 27.6 Å². The molecular formula is C10H8BrF5N2O. The van der Waals surface area contributed by atoms with Gasteiger partial charge in [0.2, 0.25) is 5.91 Å². The summed E-state index contributed by atoms with van der Waals surface area (Å²) in [5, 5.41) is 3.88. The Bertz CT molecular complexity index is 454. The molecular weight excluding hydrogens is 339 g/mol. The standard InChI is InChI=1S/C10H8BrF5N2O/c11-6-1-5(12)2-7(13)9(6)17-3-8(19)18-4-10(14,15)16/h1-2,17H,3-4H2,(H,18,19). The Morgan fingerprint density at radius 3 is 2.42 bits per heavy atom. The van der Waals surface area contributed by atoms with Crippen LogP contribution in [0.2, 0.25) is 0 Å². The molecule has 0 saturated carbocycles. The number of hydrogen-bond acceptors (Lipinski definition) is 2. The number of nitrogens with one attached hydrogen (secondary N) is 2. The molecule has 19 heavy (non-hydrogen) atoms. The van der Waals surface area contributed by atoms with E-state index in [1.807, 2.05) is 0 Å². The Hall–Kier alpha value is -1.38. The first-order valence-corrected chi connectivity index (χ1v) is 5.70. The van der Waals surface area contributed by atoms with E-state index >= 15 is 0 Å². The van der Waals surface area contributed by atoms with Crippen LogP contribution in [-0.2, 0) is 4.79 Å². The number of rotatable bonds is 4. The van der Waals surface area contributed by atoms with Gasteiger partial charge in [-0.2, -0.15) is 13.2 Å². The van der Waals surface area contributed by atoms with Crippen LogP contribution in [0.3, 0.4) is 0 Å². The highest BCUT2D eigenvalue weighted by Gasteiger charge is 2.27. The summed E-state index contributed by atoms with van der Waals surface area (Å²) >= 11 is 2.86. The molecule has 0 heterocycles. The van der Waals surface area contributed by atoms with Gasteiger partial charge in [0.15, 0.2) is 0 Å². The molecule has 0 aliphatic heterocycles. The normalized spacial score (nSPS) is 11.3. The second-order valence-corrected chi connectivity index (χ2v) is 4.34. The topological polar surface area (TPSA) is 41.1 Å². The van der Waals surface area contributed by atoms with Crippen molar-refractivity contribution in [3.63, 3.8) is 0 Å². The average molecular weight is 347 g/mol. The van der Waals surface area contributed by atoms with Crippen LogP contribution in [0.1, 0.15) is 0 Å². The van der Waals surface area contributed by atoms with E-state index in [2.05, 4.69) is 21.2 Å². The summed E-state index contributed by atoms with van der Waals surface area (Å²) < 4.78 is 61.5. The number of benzene rings is 1. The Balaban J connectivity index is 2.56. The second-order valence-electron chi connectivity index (χ2n) is 3.49. The lowest BCUT2D eigenvalue weighted by atomic mass is 10.3. The molecule has 0 spiro atoms. The molecule has 0 fully saturated rings. The van der Waals surface area contributed by atoms with Crippen LogP contribution >= 0.6 is 15.9 Å². The fraction of sp³-hybridized carbons (Fsp3) is 0.300. The predicted molar refractivity (Wildman–Crippen MR) is 61.6 cm³/mol. The van der Waals surface area contributed by atoms with E-state index in [1.54, 1.807) is 5.32 Å². The van der Waals surface area contributed by atoms with E-state index < -0.39 is 36.8 Å².